The van der Waals surface area contributed by atoms with Gasteiger partial charge < -0.3 is 10.2 Å². The van der Waals surface area contributed by atoms with Crippen LogP contribution < -0.4 is 0 Å². The third kappa shape index (κ3) is 2.46. The van der Waals surface area contributed by atoms with E-state index in [9.17, 15) is 18.6 Å². The fraction of sp³-hybridized carbons (Fsp3) is 0.294. The number of sulfone groups is 1. The molecule has 0 fully saturated rings. The molecule has 2 aromatic carbocycles. The van der Waals surface area contributed by atoms with Gasteiger partial charge in [0.1, 0.15) is 11.5 Å². The minimum absolute atomic E-state index is 0.0267. The molecule has 22 heavy (non-hydrogen) atoms. The maximum absolute atomic E-state index is 12.9. The van der Waals surface area contributed by atoms with Crippen molar-refractivity contribution >= 4 is 9.84 Å². The lowest BCUT2D eigenvalue weighted by atomic mass is 10.0. The first-order chi connectivity index (χ1) is 10.1. The van der Waals surface area contributed by atoms with E-state index in [4.69, 9.17) is 0 Å². The highest BCUT2D eigenvalue weighted by Crippen LogP contribution is 2.34. The van der Waals surface area contributed by atoms with Crippen molar-refractivity contribution in [3.8, 4) is 11.5 Å². The average Bonchev–Trinajstić information content (AvgIpc) is 2.45. The highest BCUT2D eigenvalue weighted by atomic mass is 32.2. The molecular formula is C17H20O4S. The van der Waals surface area contributed by atoms with Gasteiger partial charge in [0, 0.05) is 0 Å². The van der Waals surface area contributed by atoms with Gasteiger partial charge in [-0.25, -0.2) is 8.42 Å². The van der Waals surface area contributed by atoms with Crippen LogP contribution in [-0.2, 0) is 9.84 Å². The lowest BCUT2D eigenvalue weighted by molar-refractivity contribution is 0.467. The third-order valence-corrected chi connectivity index (χ3v) is 6.22. The van der Waals surface area contributed by atoms with Crippen molar-refractivity contribution in [3.63, 3.8) is 0 Å². The molecule has 2 N–H and O–H groups in total. The first-order valence-corrected chi connectivity index (χ1v) is 8.40. The van der Waals surface area contributed by atoms with Gasteiger partial charge in [-0.15, -0.1) is 0 Å². The Morgan fingerprint density at radius 3 is 1.82 bits per heavy atom. The molecule has 0 unspecified atom stereocenters. The number of phenolic OH excluding ortho intramolecular Hbond substituents is 2. The minimum atomic E-state index is -3.81. The Hall–Kier alpha value is -2.01. The molecule has 0 aliphatic heterocycles. The van der Waals surface area contributed by atoms with E-state index in [-0.39, 0.29) is 21.3 Å². The van der Waals surface area contributed by atoms with E-state index in [0.717, 1.165) is 5.56 Å². The summed E-state index contributed by atoms with van der Waals surface area (Å²) in [5.74, 6) is -0.0981. The topological polar surface area (TPSA) is 74.6 Å². The minimum Gasteiger partial charge on any atom is -0.508 e. The molecule has 2 aromatic rings. The van der Waals surface area contributed by atoms with Crippen LogP contribution in [0, 0.1) is 34.6 Å². The van der Waals surface area contributed by atoms with Crippen LogP contribution in [0.3, 0.4) is 0 Å². The summed E-state index contributed by atoms with van der Waals surface area (Å²) in [4.78, 5) is 0.0922. The zero-order valence-corrected chi connectivity index (χ0v) is 14.2. The van der Waals surface area contributed by atoms with Crippen molar-refractivity contribution in [2.24, 2.45) is 0 Å². The van der Waals surface area contributed by atoms with Crippen LogP contribution in [0.15, 0.2) is 28.0 Å². The van der Waals surface area contributed by atoms with E-state index in [0.29, 0.717) is 22.3 Å². The van der Waals surface area contributed by atoms with Crippen LogP contribution in [0.1, 0.15) is 27.8 Å². The lowest BCUT2D eigenvalue weighted by Crippen LogP contribution is -2.07. The lowest BCUT2D eigenvalue weighted by Gasteiger charge is -2.15. The van der Waals surface area contributed by atoms with Gasteiger partial charge in [-0.3, -0.25) is 0 Å². The van der Waals surface area contributed by atoms with Gasteiger partial charge in [0.15, 0.2) is 0 Å². The van der Waals surface area contributed by atoms with Crippen LogP contribution in [0.5, 0.6) is 11.5 Å². The van der Waals surface area contributed by atoms with E-state index in [1.807, 2.05) is 0 Å². The van der Waals surface area contributed by atoms with Crippen molar-refractivity contribution in [1.29, 1.82) is 0 Å². The first kappa shape index (κ1) is 16.4. The number of phenols is 2. The van der Waals surface area contributed by atoms with Gasteiger partial charge in [-0.05, 0) is 80.6 Å². The fourth-order valence-electron chi connectivity index (χ4n) is 2.37. The standard InChI is InChI=1S/C17H20O4S/c1-9-6-14(7-15(18)10(9)2)22(20,21)17-8-16(19)12(4)11(3)13(17)5/h6-8,18-19H,1-5H3. The number of aryl methyl sites for hydroxylation is 1. The highest BCUT2D eigenvalue weighted by Gasteiger charge is 2.24. The Balaban J connectivity index is 2.77. The molecule has 4 nitrogen and oxygen atoms in total. The molecule has 0 aromatic heterocycles. The molecule has 0 aliphatic carbocycles. The summed E-state index contributed by atoms with van der Waals surface area (Å²) in [6.45, 7) is 8.72. The molecule has 0 heterocycles. The van der Waals surface area contributed by atoms with Crippen molar-refractivity contribution in [2.45, 2.75) is 44.4 Å². The maximum Gasteiger partial charge on any atom is 0.207 e. The van der Waals surface area contributed by atoms with Gasteiger partial charge >= 0.3 is 0 Å². The number of aromatic hydroxyl groups is 2. The van der Waals surface area contributed by atoms with Crippen molar-refractivity contribution in [2.75, 3.05) is 0 Å². The van der Waals surface area contributed by atoms with Gasteiger partial charge in [0.2, 0.25) is 9.84 Å². The molecule has 118 valence electrons. The van der Waals surface area contributed by atoms with Crippen molar-refractivity contribution in [1.82, 2.24) is 0 Å². The van der Waals surface area contributed by atoms with Gasteiger partial charge in [-0.2, -0.15) is 0 Å². The Morgan fingerprint density at radius 1 is 0.727 bits per heavy atom. The molecule has 5 heteroatoms. The molecule has 0 aliphatic rings. The Morgan fingerprint density at radius 2 is 1.27 bits per heavy atom. The van der Waals surface area contributed by atoms with Crippen LogP contribution in [0.4, 0.5) is 0 Å². The van der Waals surface area contributed by atoms with E-state index in [1.165, 1.54) is 18.2 Å². The van der Waals surface area contributed by atoms with Crippen LogP contribution in [0.2, 0.25) is 0 Å². The zero-order chi connectivity index (χ0) is 16.8. The first-order valence-electron chi connectivity index (χ1n) is 6.92. The highest BCUT2D eigenvalue weighted by molar-refractivity contribution is 7.91. The average molecular weight is 320 g/mol. The Bertz CT molecular complexity index is 842. The number of rotatable bonds is 2. The summed E-state index contributed by atoms with van der Waals surface area (Å²) in [7, 11) is -3.81. The van der Waals surface area contributed by atoms with Gasteiger partial charge in [-0.1, -0.05) is 0 Å². The smallest absolute Gasteiger partial charge is 0.207 e. The SMILES string of the molecule is Cc1cc(S(=O)(=O)c2cc(O)c(C)c(C)c2C)cc(O)c1C. The molecule has 0 atom stereocenters. The summed E-state index contributed by atoms with van der Waals surface area (Å²) in [5, 5.41) is 19.9. The summed E-state index contributed by atoms with van der Waals surface area (Å²) in [6.07, 6.45) is 0. The molecule has 0 spiro atoms. The molecule has 0 amide bonds. The second kappa shape index (κ2) is 5.32. The van der Waals surface area contributed by atoms with E-state index < -0.39 is 9.84 Å². The molecule has 2 rings (SSSR count). The predicted octanol–water partition coefficient (Wildman–Crippen LogP) is 3.47. The molecule has 0 saturated carbocycles. The van der Waals surface area contributed by atoms with Crippen LogP contribution >= 0.6 is 0 Å². The Labute approximate surface area is 131 Å². The predicted molar refractivity (Wildman–Crippen MR) is 85.4 cm³/mol. The maximum atomic E-state index is 12.9. The second-order valence-electron chi connectivity index (χ2n) is 5.66. The number of benzene rings is 2. The summed E-state index contributed by atoms with van der Waals surface area (Å²) in [5.41, 5.74) is 3.36. The molecule has 0 radical (unpaired) electrons. The van der Waals surface area contributed by atoms with Crippen LogP contribution in [-0.4, -0.2) is 18.6 Å². The summed E-state index contributed by atoms with van der Waals surface area (Å²) in [6, 6.07) is 4.07. The normalized spacial score (nSPS) is 11.7. The van der Waals surface area contributed by atoms with E-state index in [2.05, 4.69) is 0 Å². The van der Waals surface area contributed by atoms with Gasteiger partial charge in [0.25, 0.3) is 0 Å². The van der Waals surface area contributed by atoms with E-state index in [1.54, 1.807) is 34.6 Å². The number of hydrogen-bond donors (Lipinski definition) is 2. The van der Waals surface area contributed by atoms with Crippen LogP contribution in [0.25, 0.3) is 0 Å². The van der Waals surface area contributed by atoms with Gasteiger partial charge in [0.05, 0.1) is 9.79 Å². The zero-order valence-electron chi connectivity index (χ0n) is 13.4. The van der Waals surface area contributed by atoms with E-state index >= 15 is 0 Å². The van der Waals surface area contributed by atoms with Crippen molar-refractivity contribution < 1.29 is 18.6 Å². The second-order valence-corrected chi connectivity index (χ2v) is 7.57. The molecular weight excluding hydrogens is 300 g/mol. The quantitative estimate of drug-likeness (QED) is 0.888. The molecule has 0 saturated heterocycles. The summed E-state index contributed by atoms with van der Waals surface area (Å²) >= 11 is 0. The Kier molecular flexibility index (Phi) is 3.96. The fourth-order valence-corrected chi connectivity index (χ4v) is 4.04. The van der Waals surface area contributed by atoms with Crippen molar-refractivity contribution in [3.05, 3.63) is 46.0 Å². The summed E-state index contributed by atoms with van der Waals surface area (Å²) < 4.78 is 25.7. The molecule has 0 bridgehead atoms. The number of hydrogen-bond acceptors (Lipinski definition) is 4. The monoisotopic (exact) mass is 320 g/mol. The largest absolute Gasteiger partial charge is 0.508 e. The third-order valence-electron chi connectivity index (χ3n) is 4.36.